The fraction of sp³-hybridized carbons (Fsp3) is 0.917. The summed E-state index contributed by atoms with van der Waals surface area (Å²) in [5, 5.41) is 5.55. The van der Waals surface area contributed by atoms with Crippen molar-refractivity contribution >= 4 is 16.1 Å². The first-order valence-electron chi connectivity index (χ1n) is 6.88. The molecule has 8 heteroatoms. The molecule has 1 saturated heterocycles. The first kappa shape index (κ1) is 17.2. The zero-order chi connectivity index (χ0) is 15.2. The molecular formula is C12H25N3O4S. The number of hydrogen-bond acceptors (Lipinski definition) is 4. The van der Waals surface area contributed by atoms with Crippen molar-refractivity contribution in [3.05, 3.63) is 0 Å². The second kappa shape index (κ2) is 7.80. The highest BCUT2D eigenvalue weighted by atomic mass is 32.2. The molecule has 2 amide bonds. The van der Waals surface area contributed by atoms with E-state index in [0.717, 1.165) is 25.7 Å². The van der Waals surface area contributed by atoms with E-state index in [1.807, 2.05) is 6.92 Å². The van der Waals surface area contributed by atoms with E-state index in [4.69, 9.17) is 4.74 Å². The van der Waals surface area contributed by atoms with Crippen molar-refractivity contribution in [3.63, 3.8) is 0 Å². The third kappa shape index (κ3) is 6.06. The molecule has 0 saturated carbocycles. The lowest BCUT2D eigenvalue weighted by Gasteiger charge is -2.20. The van der Waals surface area contributed by atoms with Crippen LogP contribution in [0.25, 0.3) is 0 Å². The summed E-state index contributed by atoms with van der Waals surface area (Å²) >= 11 is 0. The third-order valence-corrected chi connectivity index (χ3v) is 4.70. The van der Waals surface area contributed by atoms with Crippen LogP contribution in [0, 0.1) is 0 Å². The minimum atomic E-state index is -3.15. The Morgan fingerprint density at radius 1 is 1.50 bits per heavy atom. The Hall–Kier alpha value is -0.860. The van der Waals surface area contributed by atoms with Gasteiger partial charge in [0, 0.05) is 26.7 Å². The normalized spacial score (nSPS) is 20.9. The molecule has 118 valence electrons. The lowest BCUT2D eigenvalue weighted by Crippen LogP contribution is -2.46. The van der Waals surface area contributed by atoms with E-state index in [1.54, 1.807) is 0 Å². The number of hydrogen-bond donors (Lipinski definition) is 2. The molecule has 0 aromatic heterocycles. The summed E-state index contributed by atoms with van der Waals surface area (Å²) in [6.07, 6.45) is 3.84. The predicted molar refractivity (Wildman–Crippen MR) is 77.1 cm³/mol. The number of urea groups is 1. The van der Waals surface area contributed by atoms with Gasteiger partial charge in [0.25, 0.3) is 0 Å². The quantitative estimate of drug-likeness (QED) is 0.655. The third-order valence-electron chi connectivity index (χ3n) is 3.38. The zero-order valence-corrected chi connectivity index (χ0v) is 13.2. The monoisotopic (exact) mass is 307 g/mol. The van der Waals surface area contributed by atoms with E-state index in [2.05, 4.69) is 10.6 Å². The molecule has 0 spiro atoms. The van der Waals surface area contributed by atoms with Gasteiger partial charge in [0.1, 0.15) is 0 Å². The first-order chi connectivity index (χ1) is 9.30. The predicted octanol–water partition coefficient (Wildman–Crippen LogP) is 0.135. The standard InChI is InChI=1S/C12H25N3O4S/c1-10(11-6-4-9-19-11)14-12(16)13-7-5-8-15(2)20(3,17)18/h10-11H,4-9H2,1-3H3,(H2,13,14,16). The number of carbonyl (C=O) groups excluding carboxylic acids is 1. The van der Waals surface area contributed by atoms with Crippen LogP contribution in [0.5, 0.6) is 0 Å². The second-order valence-electron chi connectivity index (χ2n) is 5.18. The molecule has 1 heterocycles. The lowest BCUT2D eigenvalue weighted by molar-refractivity contribution is 0.0860. The van der Waals surface area contributed by atoms with Crippen LogP contribution in [0.1, 0.15) is 26.2 Å². The zero-order valence-electron chi connectivity index (χ0n) is 12.4. The van der Waals surface area contributed by atoms with Gasteiger partial charge in [-0.2, -0.15) is 0 Å². The lowest BCUT2D eigenvalue weighted by atomic mass is 10.1. The van der Waals surface area contributed by atoms with Gasteiger partial charge in [-0.25, -0.2) is 17.5 Å². The summed E-state index contributed by atoms with van der Waals surface area (Å²) in [5.41, 5.74) is 0. The topological polar surface area (TPSA) is 87.7 Å². The minimum absolute atomic E-state index is 0.0174. The maximum atomic E-state index is 11.6. The smallest absolute Gasteiger partial charge is 0.315 e. The van der Waals surface area contributed by atoms with Gasteiger partial charge in [-0.1, -0.05) is 0 Å². The number of amides is 2. The van der Waals surface area contributed by atoms with Gasteiger partial charge in [-0.05, 0) is 26.2 Å². The maximum absolute atomic E-state index is 11.6. The fourth-order valence-electron chi connectivity index (χ4n) is 2.02. The molecular weight excluding hydrogens is 282 g/mol. The molecule has 1 aliphatic heterocycles. The van der Waals surface area contributed by atoms with Gasteiger partial charge in [0.05, 0.1) is 18.4 Å². The van der Waals surface area contributed by atoms with Crippen LogP contribution in [-0.4, -0.2) is 63.9 Å². The fourth-order valence-corrected chi connectivity index (χ4v) is 2.48. The number of nitrogens with zero attached hydrogens (tertiary/aromatic N) is 1. The Bertz CT molecular complexity index is 407. The summed E-state index contributed by atoms with van der Waals surface area (Å²) < 4.78 is 29.1. The Morgan fingerprint density at radius 2 is 2.20 bits per heavy atom. The van der Waals surface area contributed by atoms with Crippen LogP contribution in [0.2, 0.25) is 0 Å². The van der Waals surface area contributed by atoms with Crippen molar-refractivity contribution in [2.24, 2.45) is 0 Å². The van der Waals surface area contributed by atoms with Crippen molar-refractivity contribution in [1.82, 2.24) is 14.9 Å². The molecule has 2 atom stereocenters. The number of ether oxygens (including phenoxy) is 1. The van der Waals surface area contributed by atoms with Gasteiger partial charge < -0.3 is 15.4 Å². The van der Waals surface area contributed by atoms with Crippen molar-refractivity contribution in [1.29, 1.82) is 0 Å². The van der Waals surface area contributed by atoms with Gasteiger partial charge in [-0.3, -0.25) is 0 Å². The molecule has 7 nitrogen and oxygen atoms in total. The van der Waals surface area contributed by atoms with Crippen molar-refractivity contribution < 1.29 is 17.9 Å². The molecule has 0 radical (unpaired) electrons. The molecule has 1 aliphatic rings. The summed E-state index contributed by atoms with van der Waals surface area (Å²) in [6, 6.07) is -0.258. The summed E-state index contributed by atoms with van der Waals surface area (Å²) in [4.78, 5) is 11.6. The van der Waals surface area contributed by atoms with Crippen molar-refractivity contribution in [2.75, 3.05) is 33.0 Å². The van der Waals surface area contributed by atoms with Gasteiger partial charge in [-0.15, -0.1) is 0 Å². The Kier molecular flexibility index (Phi) is 6.70. The van der Waals surface area contributed by atoms with Crippen LogP contribution < -0.4 is 10.6 Å². The number of nitrogens with one attached hydrogen (secondary N) is 2. The highest BCUT2D eigenvalue weighted by molar-refractivity contribution is 7.88. The molecule has 0 bridgehead atoms. The summed E-state index contributed by atoms with van der Waals surface area (Å²) in [6.45, 7) is 3.51. The molecule has 2 unspecified atom stereocenters. The van der Waals surface area contributed by atoms with Crippen molar-refractivity contribution in [2.45, 2.75) is 38.3 Å². The van der Waals surface area contributed by atoms with E-state index in [-0.39, 0.29) is 18.2 Å². The SMILES string of the molecule is CC(NC(=O)NCCCN(C)S(C)(=O)=O)C1CCCO1. The summed E-state index contributed by atoms with van der Waals surface area (Å²) in [7, 11) is -1.62. The Morgan fingerprint density at radius 3 is 2.75 bits per heavy atom. The van der Waals surface area contributed by atoms with Gasteiger partial charge >= 0.3 is 6.03 Å². The first-order valence-corrected chi connectivity index (χ1v) is 8.73. The van der Waals surface area contributed by atoms with Gasteiger partial charge in [0.2, 0.25) is 10.0 Å². The number of carbonyl (C=O) groups is 1. The van der Waals surface area contributed by atoms with Gasteiger partial charge in [0.15, 0.2) is 0 Å². The van der Waals surface area contributed by atoms with Crippen LogP contribution in [0.4, 0.5) is 4.79 Å². The molecule has 2 N–H and O–H groups in total. The molecule has 1 fully saturated rings. The molecule has 0 aromatic rings. The van der Waals surface area contributed by atoms with E-state index < -0.39 is 10.0 Å². The largest absolute Gasteiger partial charge is 0.376 e. The van der Waals surface area contributed by atoms with E-state index in [9.17, 15) is 13.2 Å². The average Bonchev–Trinajstić information content (AvgIpc) is 2.86. The van der Waals surface area contributed by atoms with Crippen molar-refractivity contribution in [3.8, 4) is 0 Å². The van der Waals surface area contributed by atoms with Crippen LogP contribution in [-0.2, 0) is 14.8 Å². The Labute approximate surface area is 121 Å². The number of rotatable bonds is 7. The van der Waals surface area contributed by atoms with E-state index in [0.29, 0.717) is 19.5 Å². The number of sulfonamides is 1. The summed E-state index contributed by atoms with van der Waals surface area (Å²) in [5.74, 6) is 0. The molecule has 0 aromatic carbocycles. The highest BCUT2D eigenvalue weighted by Gasteiger charge is 2.23. The molecule has 0 aliphatic carbocycles. The van der Waals surface area contributed by atoms with Crippen LogP contribution in [0.15, 0.2) is 0 Å². The van der Waals surface area contributed by atoms with E-state index in [1.165, 1.54) is 11.4 Å². The van der Waals surface area contributed by atoms with E-state index >= 15 is 0 Å². The highest BCUT2D eigenvalue weighted by Crippen LogP contribution is 2.15. The second-order valence-corrected chi connectivity index (χ2v) is 7.27. The van der Waals surface area contributed by atoms with Crippen LogP contribution in [0.3, 0.4) is 0 Å². The molecule has 1 rings (SSSR count). The average molecular weight is 307 g/mol. The van der Waals surface area contributed by atoms with Crippen LogP contribution >= 0.6 is 0 Å². The maximum Gasteiger partial charge on any atom is 0.315 e. The molecule has 20 heavy (non-hydrogen) atoms. The minimum Gasteiger partial charge on any atom is -0.376 e. The Balaban J connectivity index is 2.14.